The Morgan fingerprint density at radius 2 is 1.63 bits per heavy atom. The van der Waals surface area contributed by atoms with Crippen molar-refractivity contribution in [2.24, 2.45) is 22.7 Å². The van der Waals surface area contributed by atoms with Crippen molar-refractivity contribution in [3.05, 3.63) is 100 Å². The molecule has 13 nitrogen and oxygen atoms in total. The molecule has 0 radical (unpaired) electrons. The number of nitrogens with one attached hydrogen (secondary N) is 1. The number of β-amino-alcohol motifs (C(OH)–C–C–N with tert-alkyl or cyclic N) is 1. The summed E-state index contributed by atoms with van der Waals surface area (Å²) in [5.74, 6) is -0.147. The van der Waals surface area contributed by atoms with E-state index in [1.807, 2.05) is 57.5 Å². The molecule has 3 aromatic carbocycles. The van der Waals surface area contributed by atoms with Crippen LogP contribution in [0.1, 0.15) is 90.0 Å². The topological polar surface area (TPSA) is 146 Å². The molecule has 376 valence electrons. The molecule has 8 rings (SSSR count). The molecular formula is C53H59F3N6O7S2. The van der Waals surface area contributed by atoms with E-state index in [2.05, 4.69) is 15.1 Å². The highest BCUT2D eigenvalue weighted by Gasteiger charge is 2.53. The number of aromatic nitrogens is 1. The van der Waals surface area contributed by atoms with Gasteiger partial charge in [-0.25, -0.2) is 9.83 Å². The first-order valence-corrected chi connectivity index (χ1v) is 25.1. The molecule has 4 fully saturated rings. The van der Waals surface area contributed by atoms with Crippen molar-refractivity contribution >= 4 is 69.2 Å². The Bertz CT molecular complexity index is 2720. The highest BCUT2D eigenvalue weighted by atomic mass is 32.1. The number of amides is 3. The normalized spacial score (nSPS) is 23.3. The predicted molar refractivity (Wildman–Crippen MR) is 268 cm³/mol. The lowest BCUT2D eigenvalue weighted by Gasteiger charge is -2.57. The first-order valence-electron chi connectivity index (χ1n) is 23.9. The number of thiazole rings is 1. The lowest BCUT2D eigenvalue weighted by Crippen LogP contribution is -2.57. The van der Waals surface area contributed by atoms with Crippen LogP contribution in [0.3, 0.4) is 0 Å². The maximum atomic E-state index is 14.1. The predicted octanol–water partition coefficient (Wildman–Crippen LogP) is 9.50. The van der Waals surface area contributed by atoms with Crippen LogP contribution in [-0.2, 0) is 36.5 Å². The van der Waals surface area contributed by atoms with Gasteiger partial charge in [0, 0.05) is 30.8 Å². The van der Waals surface area contributed by atoms with Crippen LogP contribution in [-0.4, -0.2) is 93.7 Å². The number of hydrogen-bond donors (Lipinski definition) is 2. The van der Waals surface area contributed by atoms with Gasteiger partial charge in [0.05, 0.1) is 53.6 Å². The molecule has 3 atom stereocenters. The Hall–Kier alpha value is -5.74. The minimum Gasteiger partial charge on any atom is -0.493 e. The lowest BCUT2D eigenvalue weighted by molar-refractivity contribution is -0.144. The molecule has 2 aliphatic carbocycles. The number of likely N-dealkylation sites (tertiary alicyclic amines) is 1. The fourth-order valence-corrected chi connectivity index (χ4v) is 12.1. The Kier molecular flexibility index (Phi) is 14.6. The summed E-state index contributed by atoms with van der Waals surface area (Å²) < 4.78 is 53.3. The number of aliphatic hydroxyl groups excluding tert-OH is 1. The van der Waals surface area contributed by atoms with E-state index in [0.717, 1.165) is 64.4 Å². The molecule has 4 aliphatic rings. The maximum absolute atomic E-state index is 14.1. The fourth-order valence-electron chi connectivity index (χ4n) is 10.8. The van der Waals surface area contributed by atoms with Crippen LogP contribution in [0.25, 0.3) is 15.3 Å². The first-order chi connectivity index (χ1) is 33.5. The number of thiocarbonyl (C=S) groups is 1. The molecule has 4 aromatic rings. The SMILES string of the molecule is [C-]#[N+]c1ccc(N2C(=O)C(C)(C)N(c3ccc(OCC4CC5(CC(COCC(=O)N[C@H](C(=O)N6C[C@H](O)C[C@H]6C(=O)CCc6ccc(-c7scnc7C)cc6)C(C)(C)C)C5)C4)cc3)C2=S)cc1C(F)(F)F. The fraction of sp³-hybridized carbons (Fsp3) is 0.491. The van der Waals surface area contributed by atoms with E-state index in [0.29, 0.717) is 42.9 Å². The summed E-state index contributed by atoms with van der Waals surface area (Å²) in [4.78, 5) is 67.1. The van der Waals surface area contributed by atoms with E-state index in [1.54, 1.807) is 54.3 Å². The standard InChI is InChI=1S/C53H59F3N6O7S2/c1-31-45(71-30-58-31)35-11-8-32(9-12-35)10-19-43(64)42-21-38(63)26-60(42)47(66)46(50(2,3)4)59-44(65)29-68-27-33-22-52(23-33)24-34(25-52)28-69-39-16-13-36(14-17-39)62-49(70)61(48(67)51(62,5)6)37-15-18-41(57-7)40(20-37)53(54,55)56/h8-9,11-18,20,30,33-34,38,42,46,63H,10,19,21-29H2,1-6H3,(H,59,65)/t33?,34?,38-,42+,46-,52?/m1/s1. The molecule has 18 heteroatoms. The van der Waals surface area contributed by atoms with Gasteiger partial charge in [-0.3, -0.25) is 24.1 Å². The molecule has 2 aliphatic heterocycles. The van der Waals surface area contributed by atoms with Crippen LogP contribution >= 0.6 is 23.6 Å². The Labute approximate surface area is 421 Å². The molecule has 2 saturated carbocycles. The summed E-state index contributed by atoms with van der Waals surface area (Å²) in [5.41, 5.74) is 1.98. The number of aliphatic hydroxyl groups is 1. The van der Waals surface area contributed by atoms with Gasteiger partial charge >= 0.3 is 6.18 Å². The molecular weight excluding hydrogens is 954 g/mol. The molecule has 3 heterocycles. The van der Waals surface area contributed by atoms with Crippen molar-refractivity contribution in [3.8, 4) is 16.2 Å². The summed E-state index contributed by atoms with van der Waals surface area (Å²) in [5, 5.41) is 13.5. The van der Waals surface area contributed by atoms with Crippen LogP contribution in [0.5, 0.6) is 5.75 Å². The number of Topliss-reactive ketones (excluding diaryl/α,β-unsaturated/α-hetero) is 1. The Morgan fingerprint density at radius 1 is 0.986 bits per heavy atom. The van der Waals surface area contributed by atoms with Crippen molar-refractivity contribution in [3.63, 3.8) is 0 Å². The van der Waals surface area contributed by atoms with Gasteiger partial charge in [-0.2, -0.15) is 13.2 Å². The van der Waals surface area contributed by atoms with Gasteiger partial charge in [0.1, 0.15) is 23.9 Å². The zero-order chi connectivity index (χ0) is 51.2. The van der Waals surface area contributed by atoms with E-state index < -0.39 is 64.3 Å². The lowest BCUT2D eigenvalue weighted by atomic mass is 9.48. The minimum absolute atomic E-state index is 0.0159. The van der Waals surface area contributed by atoms with Crippen LogP contribution in [0.15, 0.2) is 72.2 Å². The maximum Gasteiger partial charge on any atom is 0.407 e. The molecule has 1 aromatic heterocycles. The van der Waals surface area contributed by atoms with E-state index in [9.17, 15) is 37.5 Å². The second kappa shape index (κ2) is 20.0. The third-order valence-corrected chi connectivity index (χ3v) is 15.7. The number of carbonyl (C=O) groups excluding carboxylic acids is 4. The van der Waals surface area contributed by atoms with Crippen LogP contribution < -0.4 is 19.9 Å². The van der Waals surface area contributed by atoms with Gasteiger partial charge in [-0.15, -0.1) is 11.3 Å². The van der Waals surface area contributed by atoms with Crippen molar-refractivity contribution in [1.82, 2.24) is 15.2 Å². The molecule has 0 bridgehead atoms. The Balaban J connectivity index is 0.757. The Morgan fingerprint density at radius 3 is 2.24 bits per heavy atom. The quantitative estimate of drug-likeness (QED) is 0.0823. The molecule has 2 N–H and O–H groups in total. The number of aryl methyl sites for hydroxylation is 2. The zero-order valence-electron chi connectivity index (χ0n) is 40.7. The largest absolute Gasteiger partial charge is 0.493 e. The average Bonchev–Trinajstić information content (AvgIpc) is 3.96. The van der Waals surface area contributed by atoms with E-state index in [-0.39, 0.29) is 48.0 Å². The summed E-state index contributed by atoms with van der Waals surface area (Å²) in [6, 6.07) is 16.5. The van der Waals surface area contributed by atoms with Crippen LogP contribution in [0.2, 0.25) is 0 Å². The van der Waals surface area contributed by atoms with Gasteiger partial charge in [0.2, 0.25) is 11.8 Å². The van der Waals surface area contributed by atoms with E-state index in [4.69, 9.17) is 28.3 Å². The smallest absolute Gasteiger partial charge is 0.407 e. The number of benzene rings is 3. The average molecular weight is 1010 g/mol. The van der Waals surface area contributed by atoms with Crippen molar-refractivity contribution in [2.45, 2.75) is 116 Å². The second-order valence-electron chi connectivity index (χ2n) is 21.2. The first kappa shape index (κ1) is 51.6. The summed E-state index contributed by atoms with van der Waals surface area (Å²) in [6.07, 6.45) is -0.787. The van der Waals surface area contributed by atoms with Crippen LogP contribution in [0, 0.1) is 36.2 Å². The monoisotopic (exact) mass is 1010 g/mol. The third kappa shape index (κ3) is 10.9. The minimum atomic E-state index is -4.79. The number of anilines is 2. The number of rotatable bonds is 16. The van der Waals surface area contributed by atoms with Crippen molar-refractivity contribution in [1.29, 1.82) is 0 Å². The number of ketones is 1. The summed E-state index contributed by atoms with van der Waals surface area (Å²) in [7, 11) is 0. The number of ether oxygens (including phenoxy) is 2. The summed E-state index contributed by atoms with van der Waals surface area (Å²) in [6.45, 7) is 18.7. The van der Waals surface area contributed by atoms with E-state index >= 15 is 0 Å². The highest BCUT2D eigenvalue weighted by molar-refractivity contribution is 7.81. The van der Waals surface area contributed by atoms with Gasteiger partial charge in [-0.05, 0) is 135 Å². The molecule has 71 heavy (non-hydrogen) atoms. The van der Waals surface area contributed by atoms with E-state index in [1.165, 1.54) is 11.0 Å². The molecule has 0 unspecified atom stereocenters. The molecule has 1 spiro atoms. The van der Waals surface area contributed by atoms with Gasteiger partial charge < -0.3 is 29.7 Å². The summed E-state index contributed by atoms with van der Waals surface area (Å²) >= 11 is 7.25. The second-order valence-corrected chi connectivity index (χ2v) is 22.4. The van der Waals surface area contributed by atoms with Gasteiger partial charge in [0.25, 0.3) is 5.91 Å². The van der Waals surface area contributed by atoms with Crippen LogP contribution in [0.4, 0.5) is 30.2 Å². The molecule has 2 saturated heterocycles. The number of carbonyl (C=O) groups is 4. The highest BCUT2D eigenvalue weighted by Crippen LogP contribution is 2.61. The number of halogens is 3. The third-order valence-electron chi connectivity index (χ3n) is 14.4. The van der Waals surface area contributed by atoms with Crippen molar-refractivity contribution < 1.29 is 46.9 Å². The van der Waals surface area contributed by atoms with Gasteiger partial charge in [0.15, 0.2) is 16.6 Å². The number of hydrogen-bond acceptors (Lipinski definition) is 10. The number of nitrogens with zero attached hydrogens (tertiary/aromatic N) is 5. The zero-order valence-corrected chi connectivity index (χ0v) is 42.3. The number of alkyl halides is 3. The molecule has 3 amide bonds. The van der Waals surface area contributed by atoms with Crippen molar-refractivity contribution in [2.75, 3.05) is 36.2 Å². The van der Waals surface area contributed by atoms with Gasteiger partial charge in [-0.1, -0.05) is 51.1 Å².